The van der Waals surface area contributed by atoms with Gasteiger partial charge in [-0.3, -0.25) is 10.1 Å². The van der Waals surface area contributed by atoms with E-state index in [4.69, 9.17) is 0 Å². The molecule has 1 aliphatic rings. The van der Waals surface area contributed by atoms with Crippen LogP contribution in [0.4, 0.5) is 11.4 Å². The third-order valence-corrected chi connectivity index (χ3v) is 4.90. The van der Waals surface area contributed by atoms with Gasteiger partial charge in [-0.15, -0.1) is 11.3 Å². The van der Waals surface area contributed by atoms with Gasteiger partial charge in [-0.1, -0.05) is 6.92 Å². The number of aromatic nitrogens is 1. The van der Waals surface area contributed by atoms with Crippen molar-refractivity contribution in [1.29, 1.82) is 0 Å². The third-order valence-electron chi connectivity index (χ3n) is 4.11. The molecule has 7 heteroatoms. The monoisotopic (exact) mass is 306 g/mol. The van der Waals surface area contributed by atoms with Crippen molar-refractivity contribution in [1.82, 2.24) is 9.88 Å². The molecule has 2 atom stereocenters. The number of anilines is 1. The summed E-state index contributed by atoms with van der Waals surface area (Å²) in [4.78, 5) is 17.5. The van der Waals surface area contributed by atoms with Gasteiger partial charge in [0, 0.05) is 12.6 Å². The highest BCUT2D eigenvalue weighted by molar-refractivity contribution is 7.16. The fraction of sp³-hybridized carbons (Fsp3) is 0.500. The van der Waals surface area contributed by atoms with E-state index in [-0.39, 0.29) is 16.7 Å². The summed E-state index contributed by atoms with van der Waals surface area (Å²) in [7, 11) is 2.11. The molecule has 0 aliphatic carbocycles. The number of thiazole rings is 1. The molecule has 2 aromatic rings. The fourth-order valence-electron chi connectivity index (χ4n) is 2.99. The summed E-state index contributed by atoms with van der Waals surface area (Å²) in [6.45, 7) is 4.19. The Kier molecular flexibility index (Phi) is 3.77. The molecule has 1 fully saturated rings. The van der Waals surface area contributed by atoms with E-state index >= 15 is 0 Å². The molecule has 21 heavy (non-hydrogen) atoms. The minimum absolute atomic E-state index is 0.0971. The van der Waals surface area contributed by atoms with Crippen LogP contribution < -0.4 is 5.32 Å². The maximum atomic E-state index is 11.4. The van der Waals surface area contributed by atoms with Crippen LogP contribution in [0.3, 0.4) is 0 Å². The van der Waals surface area contributed by atoms with Crippen molar-refractivity contribution in [3.8, 4) is 0 Å². The topological polar surface area (TPSA) is 71.3 Å². The maximum absolute atomic E-state index is 11.4. The fourth-order valence-corrected chi connectivity index (χ4v) is 3.67. The second kappa shape index (κ2) is 5.57. The van der Waals surface area contributed by atoms with E-state index in [0.29, 0.717) is 17.1 Å². The highest BCUT2D eigenvalue weighted by Crippen LogP contribution is 2.35. The zero-order chi connectivity index (χ0) is 15.0. The van der Waals surface area contributed by atoms with Crippen molar-refractivity contribution in [3.05, 3.63) is 27.8 Å². The van der Waals surface area contributed by atoms with Gasteiger partial charge >= 0.3 is 5.69 Å². The van der Waals surface area contributed by atoms with Crippen LogP contribution in [0.2, 0.25) is 0 Å². The van der Waals surface area contributed by atoms with Gasteiger partial charge in [-0.05, 0) is 38.1 Å². The summed E-state index contributed by atoms with van der Waals surface area (Å²) < 4.78 is 0.851. The molecular formula is C14H18N4O2S. The van der Waals surface area contributed by atoms with Crippen LogP contribution in [0.5, 0.6) is 0 Å². The minimum Gasteiger partial charge on any atom is -0.376 e. The van der Waals surface area contributed by atoms with Crippen LogP contribution in [-0.4, -0.2) is 41.0 Å². The Morgan fingerprint density at radius 3 is 3.05 bits per heavy atom. The molecule has 1 aliphatic heterocycles. The second-order valence-electron chi connectivity index (χ2n) is 5.70. The molecule has 112 valence electrons. The largest absolute Gasteiger partial charge is 0.376 e. The zero-order valence-corrected chi connectivity index (χ0v) is 12.9. The average molecular weight is 306 g/mol. The van der Waals surface area contributed by atoms with E-state index in [1.54, 1.807) is 5.51 Å². The zero-order valence-electron chi connectivity index (χ0n) is 12.1. The van der Waals surface area contributed by atoms with Gasteiger partial charge in [-0.25, -0.2) is 4.98 Å². The quantitative estimate of drug-likeness (QED) is 0.697. The van der Waals surface area contributed by atoms with Gasteiger partial charge in [0.2, 0.25) is 0 Å². The van der Waals surface area contributed by atoms with Crippen molar-refractivity contribution in [2.45, 2.75) is 19.4 Å². The number of benzene rings is 1. The van der Waals surface area contributed by atoms with Gasteiger partial charge in [-0.2, -0.15) is 0 Å². The van der Waals surface area contributed by atoms with E-state index in [1.807, 2.05) is 12.1 Å². The number of rotatable bonds is 3. The van der Waals surface area contributed by atoms with Crippen molar-refractivity contribution in [2.75, 3.05) is 25.5 Å². The molecule has 0 bridgehead atoms. The highest BCUT2D eigenvalue weighted by atomic mass is 32.1. The molecule has 0 spiro atoms. The lowest BCUT2D eigenvalue weighted by Crippen LogP contribution is -2.43. The summed E-state index contributed by atoms with van der Waals surface area (Å²) in [5.41, 5.74) is 2.81. The van der Waals surface area contributed by atoms with Crippen LogP contribution in [-0.2, 0) is 0 Å². The van der Waals surface area contributed by atoms with Crippen molar-refractivity contribution >= 4 is 32.9 Å². The van der Waals surface area contributed by atoms with Gasteiger partial charge in [0.1, 0.15) is 5.69 Å². The maximum Gasteiger partial charge on any atom is 0.319 e. The predicted octanol–water partition coefficient (Wildman–Crippen LogP) is 2.96. The Morgan fingerprint density at radius 2 is 2.33 bits per heavy atom. The molecule has 0 radical (unpaired) electrons. The number of nitrogens with one attached hydrogen (secondary N) is 1. The van der Waals surface area contributed by atoms with Crippen LogP contribution in [0.15, 0.2) is 17.6 Å². The lowest BCUT2D eigenvalue weighted by atomic mass is 9.94. The number of nitro groups is 1. The molecule has 2 heterocycles. The van der Waals surface area contributed by atoms with Crippen molar-refractivity contribution < 1.29 is 4.92 Å². The van der Waals surface area contributed by atoms with Crippen LogP contribution >= 0.6 is 11.3 Å². The minimum atomic E-state index is -0.329. The first-order valence-electron chi connectivity index (χ1n) is 7.02. The molecule has 2 unspecified atom stereocenters. The van der Waals surface area contributed by atoms with Gasteiger partial charge in [0.05, 0.1) is 15.1 Å². The molecule has 1 aromatic carbocycles. The molecule has 0 amide bonds. The van der Waals surface area contributed by atoms with Gasteiger partial charge < -0.3 is 10.2 Å². The molecule has 1 N–H and O–H groups in total. The number of hydrogen-bond acceptors (Lipinski definition) is 6. The Balaban J connectivity index is 1.93. The van der Waals surface area contributed by atoms with E-state index in [9.17, 15) is 10.1 Å². The van der Waals surface area contributed by atoms with E-state index < -0.39 is 0 Å². The summed E-state index contributed by atoms with van der Waals surface area (Å²) in [5.74, 6) is 0.453. The number of nitro benzene ring substituents is 1. The second-order valence-corrected chi connectivity index (χ2v) is 6.58. The standard InChI is InChI=1S/C14H18N4O2S/c1-9-7-17(2)6-5-10(9)16-11-3-4-12-13(15-8-21-12)14(11)18(19)20/h3-4,8-10,16H,5-7H2,1-2H3. The van der Waals surface area contributed by atoms with E-state index in [1.165, 1.54) is 11.3 Å². The smallest absolute Gasteiger partial charge is 0.319 e. The molecule has 6 nitrogen and oxygen atoms in total. The molecule has 1 saturated heterocycles. The van der Waals surface area contributed by atoms with E-state index in [2.05, 4.69) is 29.2 Å². The van der Waals surface area contributed by atoms with Crippen molar-refractivity contribution in [2.24, 2.45) is 5.92 Å². The SMILES string of the molecule is CC1CN(C)CCC1Nc1ccc2scnc2c1[N+](=O)[O-]. The Morgan fingerprint density at radius 1 is 1.52 bits per heavy atom. The Bertz CT molecular complexity index is 672. The summed E-state index contributed by atoms with van der Waals surface area (Å²) >= 11 is 1.42. The first kappa shape index (κ1) is 14.2. The number of fused-ring (bicyclic) bond motifs is 1. The average Bonchev–Trinajstić information content (AvgIpc) is 2.89. The lowest BCUT2D eigenvalue weighted by molar-refractivity contribution is -0.382. The number of nitrogens with zero attached hydrogens (tertiary/aromatic N) is 3. The predicted molar refractivity (Wildman–Crippen MR) is 85.0 cm³/mol. The molecule has 3 rings (SSSR count). The summed E-state index contributed by atoms with van der Waals surface area (Å²) in [5, 5.41) is 14.8. The molecular weight excluding hydrogens is 288 g/mol. The summed E-state index contributed by atoms with van der Waals surface area (Å²) in [6.07, 6.45) is 0.990. The molecule has 1 aromatic heterocycles. The summed E-state index contributed by atoms with van der Waals surface area (Å²) in [6, 6.07) is 3.97. The van der Waals surface area contributed by atoms with Crippen LogP contribution in [0.25, 0.3) is 10.2 Å². The first-order valence-corrected chi connectivity index (χ1v) is 7.90. The molecule has 0 saturated carbocycles. The lowest BCUT2D eigenvalue weighted by Gasteiger charge is -2.35. The number of likely N-dealkylation sites (tertiary alicyclic amines) is 1. The first-order chi connectivity index (χ1) is 10.1. The number of piperidine rings is 1. The third kappa shape index (κ3) is 2.71. The number of hydrogen-bond donors (Lipinski definition) is 1. The van der Waals surface area contributed by atoms with Crippen molar-refractivity contribution in [3.63, 3.8) is 0 Å². The van der Waals surface area contributed by atoms with Gasteiger partial charge in [0.15, 0.2) is 5.52 Å². The van der Waals surface area contributed by atoms with Gasteiger partial charge in [0.25, 0.3) is 0 Å². The normalized spacial score (nSPS) is 23.3. The van der Waals surface area contributed by atoms with E-state index in [0.717, 1.165) is 24.2 Å². The Hall–Kier alpha value is -1.73. The Labute approximate surface area is 126 Å². The van der Waals surface area contributed by atoms with Crippen LogP contribution in [0.1, 0.15) is 13.3 Å². The highest BCUT2D eigenvalue weighted by Gasteiger charge is 2.27. The van der Waals surface area contributed by atoms with Crippen LogP contribution in [0, 0.1) is 16.0 Å².